The minimum absolute atomic E-state index is 0.565. The maximum absolute atomic E-state index is 10.9. The van der Waals surface area contributed by atoms with E-state index in [1.54, 1.807) is 6.26 Å². The van der Waals surface area contributed by atoms with Gasteiger partial charge in [0.1, 0.15) is 0 Å². The lowest BCUT2D eigenvalue weighted by Crippen LogP contribution is -1.97. The van der Waals surface area contributed by atoms with Crippen molar-refractivity contribution in [1.29, 1.82) is 0 Å². The summed E-state index contributed by atoms with van der Waals surface area (Å²) in [5.41, 5.74) is 7.66. The largest absolute Gasteiger partial charge is 0.326 e. The first-order valence-electron chi connectivity index (χ1n) is 3.80. The second-order valence-corrected chi connectivity index (χ2v) is 4.17. The summed E-state index contributed by atoms with van der Waals surface area (Å²) in [4.78, 5) is 0. The normalized spacial score (nSPS) is 12.8. The zero-order chi connectivity index (χ0) is 8.97. The SMILES string of the molecule is C[S@@](=O)Cc1ccc(CN)cc1. The smallest absolute Gasteiger partial charge is 0.0482 e. The molecule has 3 heteroatoms. The Labute approximate surface area is 75.2 Å². The van der Waals surface area contributed by atoms with E-state index in [9.17, 15) is 4.21 Å². The summed E-state index contributed by atoms with van der Waals surface area (Å²) in [7, 11) is -0.756. The van der Waals surface area contributed by atoms with E-state index in [1.807, 2.05) is 24.3 Å². The van der Waals surface area contributed by atoms with Crippen LogP contribution in [-0.2, 0) is 23.1 Å². The molecule has 0 aliphatic heterocycles. The molecule has 0 bridgehead atoms. The van der Waals surface area contributed by atoms with E-state index in [0.717, 1.165) is 11.1 Å². The molecule has 2 N–H and O–H groups in total. The Morgan fingerprint density at radius 3 is 2.17 bits per heavy atom. The van der Waals surface area contributed by atoms with E-state index in [4.69, 9.17) is 5.73 Å². The van der Waals surface area contributed by atoms with Crippen LogP contribution in [-0.4, -0.2) is 10.5 Å². The fourth-order valence-electron chi connectivity index (χ4n) is 1.01. The molecular weight excluding hydrogens is 170 g/mol. The minimum atomic E-state index is -0.756. The van der Waals surface area contributed by atoms with E-state index < -0.39 is 10.8 Å². The maximum atomic E-state index is 10.9. The monoisotopic (exact) mass is 183 g/mol. The van der Waals surface area contributed by atoms with Crippen molar-refractivity contribution in [3.8, 4) is 0 Å². The fraction of sp³-hybridized carbons (Fsp3) is 0.333. The molecule has 0 saturated heterocycles. The van der Waals surface area contributed by atoms with Gasteiger partial charge in [-0.15, -0.1) is 0 Å². The molecule has 1 aromatic rings. The third-order valence-electron chi connectivity index (χ3n) is 1.63. The van der Waals surface area contributed by atoms with Gasteiger partial charge in [0.25, 0.3) is 0 Å². The van der Waals surface area contributed by atoms with Gasteiger partial charge in [-0.05, 0) is 11.1 Å². The first kappa shape index (κ1) is 9.42. The van der Waals surface area contributed by atoms with Crippen LogP contribution in [0.2, 0.25) is 0 Å². The first-order valence-corrected chi connectivity index (χ1v) is 5.53. The molecule has 2 nitrogen and oxygen atoms in total. The number of benzene rings is 1. The lowest BCUT2D eigenvalue weighted by molar-refractivity contribution is 0.686. The molecule has 1 aromatic carbocycles. The highest BCUT2D eigenvalue weighted by molar-refractivity contribution is 7.83. The second-order valence-electron chi connectivity index (χ2n) is 2.74. The number of nitrogens with two attached hydrogens (primary N) is 1. The summed E-state index contributed by atoms with van der Waals surface area (Å²) < 4.78 is 10.9. The lowest BCUT2D eigenvalue weighted by atomic mass is 10.1. The van der Waals surface area contributed by atoms with Gasteiger partial charge in [0, 0.05) is 29.4 Å². The molecule has 0 saturated carbocycles. The average molecular weight is 183 g/mol. The van der Waals surface area contributed by atoms with Crippen LogP contribution in [0, 0.1) is 0 Å². The summed E-state index contributed by atoms with van der Waals surface area (Å²) in [5.74, 6) is 0.630. The summed E-state index contributed by atoms with van der Waals surface area (Å²) in [6.45, 7) is 0.565. The van der Waals surface area contributed by atoms with Gasteiger partial charge in [-0.3, -0.25) is 4.21 Å². The van der Waals surface area contributed by atoms with Crippen molar-refractivity contribution in [1.82, 2.24) is 0 Å². The Morgan fingerprint density at radius 2 is 1.75 bits per heavy atom. The fourth-order valence-corrected chi connectivity index (χ4v) is 1.67. The maximum Gasteiger partial charge on any atom is 0.0482 e. The van der Waals surface area contributed by atoms with Gasteiger partial charge in [-0.25, -0.2) is 0 Å². The molecule has 0 aromatic heterocycles. The van der Waals surface area contributed by atoms with Crippen LogP contribution in [0.3, 0.4) is 0 Å². The van der Waals surface area contributed by atoms with E-state index in [1.165, 1.54) is 0 Å². The molecule has 0 aliphatic rings. The van der Waals surface area contributed by atoms with Gasteiger partial charge < -0.3 is 5.73 Å². The van der Waals surface area contributed by atoms with Gasteiger partial charge in [0.2, 0.25) is 0 Å². The van der Waals surface area contributed by atoms with Crippen molar-refractivity contribution < 1.29 is 4.21 Å². The molecular formula is C9H13NOS. The van der Waals surface area contributed by atoms with Crippen LogP contribution in [0.25, 0.3) is 0 Å². The van der Waals surface area contributed by atoms with Gasteiger partial charge in [0.05, 0.1) is 0 Å². The molecule has 0 unspecified atom stereocenters. The lowest BCUT2D eigenvalue weighted by Gasteiger charge is -1.99. The molecule has 0 spiro atoms. The predicted octanol–water partition coefficient (Wildman–Crippen LogP) is 1.02. The van der Waals surface area contributed by atoms with E-state index in [0.29, 0.717) is 12.3 Å². The molecule has 0 amide bonds. The minimum Gasteiger partial charge on any atom is -0.326 e. The van der Waals surface area contributed by atoms with Crippen LogP contribution in [0.1, 0.15) is 11.1 Å². The highest BCUT2D eigenvalue weighted by Gasteiger charge is 1.95. The standard InChI is InChI=1S/C9H13NOS/c1-12(11)7-9-4-2-8(6-10)3-5-9/h2-5H,6-7,10H2,1H3/t12-/m1/s1. The van der Waals surface area contributed by atoms with Gasteiger partial charge >= 0.3 is 0 Å². The highest BCUT2D eigenvalue weighted by Crippen LogP contribution is 2.05. The zero-order valence-electron chi connectivity index (χ0n) is 7.12. The number of hydrogen-bond donors (Lipinski definition) is 1. The molecule has 12 heavy (non-hydrogen) atoms. The van der Waals surface area contributed by atoms with Gasteiger partial charge in [-0.2, -0.15) is 0 Å². The Hall–Kier alpha value is -0.670. The topological polar surface area (TPSA) is 43.1 Å². The van der Waals surface area contributed by atoms with Gasteiger partial charge in [-0.1, -0.05) is 24.3 Å². The first-order chi connectivity index (χ1) is 5.72. The average Bonchev–Trinajstić information content (AvgIpc) is 2.05. The van der Waals surface area contributed by atoms with E-state index >= 15 is 0 Å². The van der Waals surface area contributed by atoms with Crippen molar-refractivity contribution in [3.63, 3.8) is 0 Å². The summed E-state index contributed by atoms with van der Waals surface area (Å²) >= 11 is 0. The Balaban J connectivity index is 2.71. The summed E-state index contributed by atoms with van der Waals surface area (Å²) in [5, 5.41) is 0. The van der Waals surface area contributed by atoms with Crippen molar-refractivity contribution in [2.24, 2.45) is 5.73 Å². The van der Waals surface area contributed by atoms with Crippen molar-refractivity contribution in [2.45, 2.75) is 12.3 Å². The van der Waals surface area contributed by atoms with Crippen LogP contribution in [0.4, 0.5) is 0 Å². The molecule has 0 aliphatic carbocycles. The second kappa shape index (κ2) is 4.38. The van der Waals surface area contributed by atoms with Crippen molar-refractivity contribution in [3.05, 3.63) is 35.4 Å². The zero-order valence-corrected chi connectivity index (χ0v) is 7.93. The van der Waals surface area contributed by atoms with E-state index in [2.05, 4.69) is 0 Å². The molecule has 0 fully saturated rings. The predicted molar refractivity (Wildman–Crippen MR) is 52.1 cm³/mol. The third kappa shape index (κ3) is 2.75. The van der Waals surface area contributed by atoms with E-state index in [-0.39, 0.29) is 0 Å². The quantitative estimate of drug-likeness (QED) is 0.760. The van der Waals surface area contributed by atoms with Crippen molar-refractivity contribution >= 4 is 10.8 Å². The highest BCUT2D eigenvalue weighted by atomic mass is 32.2. The molecule has 66 valence electrons. The molecule has 1 atom stereocenters. The summed E-state index contributed by atoms with van der Waals surface area (Å²) in [6.07, 6.45) is 1.71. The van der Waals surface area contributed by atoms with Crippen LogP contribution in [0.5, 0.6) is 0 Å². The number of rotatable bonds is 3. The van der Waals surface area contributed by atoms with Gasteiger partial charge in [0.15, 0.2) is 0 Å². The Morgan fingerprint density at radius 1 is 1.25 bits per heavy atom. The molecule has 0 radical (unpaired) electrons. The Bertz CT molecular complexity index is 268. The summed E-state index contributed by atoms with van der Waals surface area (Å²) in [6, 6.07) is 7.90. The third-order valence-corrected chi connectivity index (χ3v) is 2.37. The number of hydrogen-bond acceptors (Lipinski definition) is 2. The van der Waals surface area contributed by atoms with Crippen molar-refractivity contribution in [2.75, 3.05) is 6.26 Å². The van der Waals surface area contributed by atoms with Crippen LogP contribution < -0.4 is 5.73 Å². The Kier molecular flexibility index (Phi) is 3.44. The molecule has 0 heterocycles. The molecule has 1 rings (SSSR count). The van der Waals surface area contributed by atoms with Crippen LogP contribution >= 0.6 is 0 Å². The van der Waals surface area contributed by atoms with Crippen LogP contribution in [0.15, 0.2) is 24.3 Å².